The number of fused-ring (bicyclic) bond motifs is 1. The minimum absolute atomic E-state index is 0.234. The topological polar surface area (TPSA) is 68.1 Å². The van der Waals surface area contributed by atoms with Crippen molar-refractivity contribution in [2.24, 2.45) is 15.2 Å². The van der Waals surface area contributed by atoms with Gasteiger partial charge < -0.3 is 4.98 Å². The number of rotatable bonds is 4. The summed E-state index contributed by atoms with van der Waals surface area (Å²) < 4.78 is 0. The Kier molecular flexibility index (Phi) is 4.84. The molecule has 0 saturated heterocycles. The first-order chi connectivity index (χ1) is 16.7. The summed E-state index contributed by atoms with van der Waals surface area (Å²) in [4.78, 5) is 8.65. The van der Waals surface area contributed by atoms with Gasteiger partial charge in [-0.3, -0.25) is 5.43 Å². The van der Waals surface area contributed by atoms with E-state index in [-0.39, 0.29) is 6.17 Å². The fraction of sp³-hybridized carbons (Fsp3) is 0.107. The Hall–Kier alpha value is -4.45. The molecule has 4 aromatic rings. The van der Waals surface area contributed by atoms with Crippen LogP contribution in [0.15, 0.2) is 106 Å². The third kappa shape index (κ3) is 3.49. The standard InChI is InChI=1S/C28H24N6/c1-18-10-9-15-22(16-18)27-31-32-28-25(19(2)33-34(27)28)30-26-23(20-11-5-3-6-12-20)17-24(29-26)21-13-7-4-8-14-21/h3-17,28-29,32H,1-2H3. The van der Waals surface area contributed by atoms with Crippen molar-refractivity contribution in [1.29, 1.82) is 0 Å². The molecule has 0 spiro atoms. The van der Waals surface area contributed by atoms with Gasteiger partial charge in [0.2, 0.25) is 0 Å². The minimum atomic E-state index is -0.234. The molecule has 1 atom stereocenters. The molecule has 0 bridgehead atoms. The fourth-order valence-electron chi connectivity index (χ4n) is 4.43. The van der Waals surface area contributed by atoms with Crippen LogP contribution in [0, 0.1) is 6.92 Å². The number of hydrazone groups is 2. The van der Waals surface area contributed by atoms with Gasteiger partial charge in [0.15, 0.2) is 12.0 Å². The normalized spacial score (nSPS) is 18.0. The molecular formula is C28H24N6. The van der Waals surface area contributed by atoms with Crippen LogP contribution in [0.2, 0.25) is 0 Å². The number of aryl methyl sites for hydroxylation is 1. The zero-order valence-corrected chi connectivity index (χ0v) is 19.0. The summed E-state index contributed by atoms with van der Waals surface area (Å²) in [6.45, 7) is 4.08. The summed E-state index contributed by atoms with van der Waals surface area (Å²) in [5.74, 6) is 1.61. The maximum atomic E-state index is 5.10. The number of hydrogen-bond donors (Lipinski definition) is 2. The SMILES string of the molecule is CC1=NN2C(c3cccc(C)c3)=NNC2C1=Nc1[nH]c(-c2ccccc2)cc1-c1ccccc1. The molecule has 3 aromatic carbocycles. The molecule has 0 amide bonds. The molecule has 0 aliphatic carbocycles. The van der Waals surface area contributed by atoms with E-state index in [4.69, 9.17) is 10.1 Å². The lowest BCUT2D eigenvalue weighted by Crippen LogP contribution is -2.39. The summed E-state index contributed by atoms with van der Waals surface area (Å²) in [5.41, 5.74) is 11.5. The van der Waals surface area contributed by atoms with Gasteiger partial charge in [0.05, 0.1) is 5.71 Å². The molecule has 1 aromatic heterocycles. The number of amidine groups is 1. The zero-order valence-electron chi connectivity index (χ0n) is 19.0. The Morgan fingerprint density at radius 1 is 0.794 bits per heavy atom. The zero-order chi connectivity index (χ0) is 23.1. The summed E-state index contributed by atoms with van der Waals surface area (Å²) in [5, 5.41) is 11.3. The molecule has 0 radical (unpaired) electrons. The van der Waals surface area contributed by atoms with Gasteiger partial charge in [-0.25, -0.2) is 10.0 Å². The molecule has 1 unspecified atom stereocenters. The third-order valence-electron chi connectivity index (χ3n) is 6.12. The lowest BCUT2D eigenvalue weighted by molar-refractivity contribution is 0.407. The molecular weight excluding hydrogens is 420 g/mol. The van der Waals surface area contributed by atoms with Crippen molar-refractivity contribution in [3.05, 3.63) is 102 Å². The van der Waals surface area contributed by atoms with E-state index in [0.717, 1.165) is 51.0 Å². The molecule has 6 rings (SSSR count). The van der Waals surface area contributed by atoms with Gasteiger partial charge in [0.25, 0.3) is 0 Å². The molecule has 6 heteroatoms. The van der Waals surface area contributed by atoms with E-state index in [9.17, 15) is 0 Å². The smallest absolute Gasteiger partial charge is 0.182 e. The number of hydrogen-bond acceptors (Lipinski definition) is 5. The van der Waals surface area contributed by atoms with Crippen molar-refractivity contribution in [3.63, 3.8) is 0 Å². The molecule has 3 heterocycles. The summed E-state index contributed by atoms with van der Waals surface area (Å²) in [7, 11) is 0. The van der Waals surface area contributed by atoms with Gasteiger partial charge in [-0.1, -0.05) is 84.4 Å². The van der Waals surface area contributed by atoms with E-state index in [1.54, 1.807) is 0 Å². The third-order valence-corrected chi connectivity index (χ3v) is 6.12. The molecule has 6 nitrogen and oxygen atoms in total. The molecule has 34 heavy (non-hydrogen) atoms. The Balaban J connectivity index is 1.40. The number of benzene rings is 3. The van der Waals surface area contributed by atoms with Crippen LogP contribution in [-0.4, -0.2) is 33.4 Å². The predicted octanol–water partition coefficient (Wildman–Crippen LogP) is 5.71. The second kappa shape index (κ2) is 8.15. The first kappa shape index (κ1) is 20.2. The van der Waals surface area contributed by atoms with Gasteiger partial charge in [0.1, 0.15) is 11.5 Å². The van der Waals surface area contributed by atoms with Crippen molar-refractivity contribution in [2.75, 3.05) is 0 Å². The van der Waals surface area contributed by atoms with E-state index in [1.807, 2.05) is 54.4 Å². The summed E-state index contributed by atoms with van der Waals surface area (Å²) in [6, 6.07) is 31.1. The van der Waals surface area contributed by atoms with Crippen LogP contribution in [0.3, 0.4) is 0 Å². The van der Waals surface area contributed by atoms with E-state index in [2.05, 4.69) is 71.0 Å². The van der Waals surface area contributed by atoms with Crippen LogP contribution in [0.5, 0.6) is 0 Å². The van der Waals surface area contributed by atoms with E-state index >= 15 is 0 Å². The van der Waals surface area contributed by atoms with E-state index in [1.165, 1.54) is 5.56 Å². The largest absolute Gasteiger partial charge is 0.339 e. The quantitative estimate of drug-likeness (QED) is 0.423. The number of aliphatic imine (C=N–C) groups is 1. The Morgan fingerprint density at radius 3 is 2.24 bits per heavy atom. The highest BCUT2D eigenvalue weighted by atomic mass is 15.7. The lowest BCUT2D eigenvalue weighted by Gasteiger charge is -2.15. The number of aromatic amines is 1. The number of nitrogens with one attached hydrogen (secondary N) is 2. The van der Waals surface area contributed by atoms with Gasteiger partial charge in [0, 0.05) is 16.8 Å². The van der Waals surface area contributed by atoms with Crippen molar-refractivity contribution >= 4 is 23.1 Å². The molecule has 0 saturated carbocycles. The molecule has 2 aliphatic heterocycles. The molecule has 2 N–H and O–H groups in total. The van der Waals surface area contributed by atoms with Crippen molar-refractivity contribution in [1.82, 2.24) is 15.4 Å². The van der Waals surface area contributed by atoms with Crippen LogP contribution < -0.4 is 5.43 Å². The average Bonchev–Trinajstić information content (AvgIpc) is 3.55. The van der Waals surface area contributed by atoms with Crippen molar-refractivity contribution in [3.8, 4) is 22.4 Å². The van der Waals surface area contributed by atoms with Gasteiger partial charge in [-0.15, -0.1) is 0 Å². The maximum absolute atomic E-state index is 5.10. The predicted molar refractivity (Wildman–Crippen MR) is 138 cm³/mol. The van der Waals surface area contributed by atoms with Gasteiger partial charge in [-0.05, 0) is 37.1 Å². The first-order valence-electron chi connectivity index (χ1n) is 11.3. The van der Waals surface area contributed by atoms with Crippen LogP contribution in [0.4, 0.5) is 5.82 Å². The Labute approximate surface area is 198 Å². The average molecular weight is 445 g/mol. The minimum Gasteiger partial charge on any atom is -0.339 e. The van der Waals surface area contributed by atoms with Gasteiger partial charge in [-0.2, -0.15) is 10.2 Å². The first-order valence-corrected chi connectivity index (χ1v) is 11.3. The van der Waals surface area contributed by atoms with Crippen LogP contribution in [0.1, 0.15) is 18.1 Å². The highest BCUT2D eigenvalue weighted by Crippen LogP contribution is 2.36. The molecule has 166 valence electrons. The van der Waals surface area contributed by atoms with Gasteiger partial charge >= 0.3 is 0 Å². The number of H-pyrrole nitrogens is 1. The van der Waals surface area contributed by atoms with Crippen LogP contribution >= 0.6 is 0 Å². The summed E-state index contributed by atoms with van der Waals surface area (Å²) >= 11 is 0. The summed E-state index contributed by atoms with van der Waals surface area (Å²) in [6.07, 6.45) is -0.234. The molecule has 2 aliphatic rings. The Morgan fingerprint density at radius 2 is 1.50 bits per heavy atom. The highest BCUT2D eigenvalue weighted by molar-refractivity contribution is 6.46. The second-order valence-electron chi connectivity index (χ2n) is 8.54. The monoisotopic (exact) mass is 444 g/mol. The lowest BCUT2D eigenvalue weighted by atomic mass is 10.1. The highest BCUT2D eigenvalue weighted by Gasteiger charge is 2.39. The number of aromatic nitrogens is 1. The van der Waals surface area contributed by atoms with E-state index in [0.29, 0.717) is 0 Å². The maximum Gasteiger partial charge on any atom is 0.182 e. The second-order valence-corrected chi connectivity index (χ2v) is 8.54. The number of nitrogens with zero attached hydrogens (tertiary/aromatic N) is 4. The Bertz CT molecular complexity index is 1450. The van der Waals surface area contributed by atoms with Crippen molar-refractivity contribution < 1.29 is 0 Å². The van der Waals surface area contributed by atoms with Crippen LogP contribution in [0.25, 0.3) is 22.4 Å². The molecule has 0 fully saturated rings. The van der Waals surface area contributed by atoms with Crippen LogP contribution in [-0.2, 0) is 0 Å². The van der Waals surface area contributed by atoms with Crippen molar-refractivity contribution in [2.45, 2.75) is 20.0 Å². The fourth-order valence-corrected chi connectivity index (χ4v) is 4.43. The van der Waals surface area contributed by atoms with E-state index < -0.39 is 0 Å².